The third-order valence-corrected chi connectivity index (χ3v) is 5.94. The van der Waals surface area contributed by atoms with Crippen molar-refractivity contribution in [2.24, 2.45) is 0 Å². The molecule has 0 radical (unpaired) electrons. The molecule has 2 saturated heterocycles. The molecular formula is C23H26N4O5. The molecule has 0 atom stereocenters. The molecule has 2 amide bonds. The molecule has 2 heterocycles. The van der Waals surface area contributed by atoms with Crippen molar-refractivity contribution in [2.75, 3.05) is 44.3 Å². The van der Waals surface area contributed by atoms with E-state index >= 15 is 0 Å². The van der Waals surface area contributed by atoms with E-state index in [0.717, 1.165) is 31.6 Å². The highest BCUT2D eigenvalue weighted by Crippen LogP contribution is 2.26. The number of amides is 2. The maximum absolute atomic E-state index is 13.0. The summed E-state index contributed by atoms with van der Waals surface area (Å²) in [6.07, 6.45) is 1.50. The fourth-order valence-corrected chi connectivity index (χ4v) is 4.14. The van der Waals surface area contributed by atoms with Crippen LogP contribution in [0.25, 0.3) is 0 Å². The maximum Gasteiger partial charge on any atom is 0.269 e. The molecule has 9 heteroatoms. The van der Waals surface area contributed by atoms with Crippen LogP contribution in [-0.4, -0.2) is 67.1 Å². The van der Waals surface area contributed by atoms with Crippen molar-refractivity contribution in [3.8, 4) is 0 Å². The lowest BCUT2D eigenvalue weighted by molar-refractivity contribution is -0.384. The van der Waals surface area contributed by atoms with Crippen LogP contribution in [0.3, 0.4) is 0 Å². The number of morpholine rings is 1. The number of benzene rings is 2. The molecule has 9 nitrogen and oxygen atoms in total. The van der Waals surface area contributed by atoms with E-state index in [1.807, 2.05) is 29.2 Å². The predicted octanol–water partition coefficient (Wildman–Crippen LogP) is 2.47. The van der Waals surface area contributed by atoms with Crippen LogP contribution in [0.15, 0.2) is 48.5 Å². The topological polar surface area (TPSA) is 105 Å². The minimum absolute atomic E-state index is 0.0102. The first-order valence-corrected chi connectivity index (χ1v) is 10.8. The second-order valence-electron chi connectivity index (χ2n) is 7.96. The van der Waals surface area contributed by atoms with Gasteiger partial charge >= 0.3 is 0 Å². The number of nitro groups is 1. The Balaban J connectivity index is 1.36. The molecule has 0 bridgehead atoms. The van der Waals surface area contributed by atoms with Crippen molar-refractivity contribution in [3.05, 3.63) is 69.8 Å². The van der Waals surface area contributed by atoms with Crippen LogP contribution in [0.4, 0.5) is 11.4 Å². The third-order valence-electron chi connectivity index (χ3n) is 5.94. The first kappa shape index (κ1) is 21.8. The van der Waals surface area contributed by atoms with Crippen LogP contribution < -0.4 is 10.2 Å². The third kappa shape index (κ3) is 4.88. The largest absolute Gasteiger partial charge is 0.378 e. The van der Waals surface area contributed by atoms with Gasteiger partial charge in [0.25, 0.3) is 17.5 Å². The molecule has 0 saturated carbocycles. The number of carbonyl (C=O) groups is 2. The molecule has 0 spiro atoms. The molecule has 0 aliphatic carbocycles. The van der Waals surface area contributed by atoms with Crippen molar-refractivity contribution >= 4 is 23.2 Å². The average molecular weight is 438 g/mol. The number of para-hydroxylation sites is 1. The van der Waals surface area contributed by atoms with E-state index in [0.29, 0.717) is 37.4 Å². The molecule has 2 aromatic rings. The lowest BCUT2D eigenvalue weighted by Crippen LogP contribution is -2.45. The fourth-order valence-electron chi connectivity index (χ4n) is 4.14. The standard InChI is InChI=1S/C23H26N4O5/c28-22(17-5-7-19(8-6-17)27(30)31)24-18-9-11-25(12-10-18)21-4-2-1-3-20(21)23(29)26-13-15-32-16-14-26/h1-8,18H,9-16H2,(H,24,28). The predicted molar refractivity (Wildman–Crippen MR) is 119 cm³/mol. The summed E-state index contributed by atoms with van der Waals surface area (Å²) in [6.45, 7) is 3.77. The molecule has 2 aliphatic rings. The van der Waals surface area contributed by atoms with Gasteiger partial charge < -0.3 is 19.9 Å². The highest BCUT2D eigenvalue weighted by molar-refractivity contribution is 6.00. The smallest absolute Gasteiger partial charge is 0.269 e. The number of anilines is 1. The Morgan fingerprint density at radius 3 is 2.28 bits per heavy atom. The van der Waals surface area contributed by atoms with Gasteiger partial charge in [-0.25, -0.2) is 0 Å². The lowest BCUT2D eigenvalue weighted by Gasteiger charge is -2.35. The molecule has 32 heavy (non-hydrogen) atoms. The second-order valence-corrected chi connectivity index (χ2v) is 7.96. The van der Waals surface area contributed by atoms with Crippen LogP contribution in [0, 0.1) is 10.1 Å². The van der Waals surface area contributed by atoms with Crippen LogP contribution >= 0.6 is 0 Å². The Hall–Kier alpha value is -3.46. The normalized spacial score (nSPS) is 17.1. The minimum atomic E-state index is -0.487. The second kappa shape index (κ2) is 9.78. The van der Waals surface area contributed by atoms with Gasteiger partial charge in [-0.1, -0.05) is 12.1 Å². The summed E-state index contributed by atoms with van der Waals surface area (Å²) < 4.78 is 5.36. The number of nitrogens with one attached hydrogen (secondary N) is 1. The van der Waals surface area contributed by atoms with Gasteiger partial charge in [0.2, 0.25) is 0 Å². The Kier molecular flexibility index (Phi) is 6.65. The summed E-state index contributed by atoms with van der Waals surface area (Å²) in [5.41, 5.74) is 1.98. The molecule has 4 rings (SSSR count). The molecule has 1 N–H and O–H groups in total. The highest BCUT2D eigenvalue weighted by atomic mass is 16.6. The van der Waals surface area contributed by atoms with Gasteiger partial charge in [0.15, 0.2) is 0 Å². The van der Waals surface area contributed by atoms with E-state index < -0.39 is 4.92 Å². The van der Waals surface area contributed by atoms with E-state index in [1.54, 1.807) is 0 Å². The zero-order chi connectivity index (χ0) is 22.5. The van der Waals surface area contributed by atoms with Crippen molar-refractivity contribution < 1.29 is 19.2 Å². The van der Waals surface area contributed by atoms with Crippen LogP contribution in [0.2, 0.25) is 0 Å². The summed E-state index contributed by atoms with van der Waals surface area (Å²) in [6, 6.07) is 13.3. The lowest BCUT2D eigenvalue weighted by atomic mass is 10.0. The number of hydrogen-bond acceptors (Lipinski definition) is 6. The first-order valence-electron chi connectivity index (χ1n) is 10.8. The molecule has 0 aromatic heterocycles. The quantitative estimate of drug-likeness (QED) is 0.568. The van der Waals surface area contributed by atoms with Crippen molar-refractivity contribution in [1.29, 1.82) is 0 Å². The number of carbonyl (C=O) groups excluding carboxylic acids is 2. The zero-order valence-corrected chi connectivity index (χ0v) is 17.7. The molecule has 2 fully saturated rings. The molecule has 2 aliphatic heterocycles. The number of ether oxygens (including phenoxy) is 1. The Bertz CT molecular complexity index is 980. The monoisotopic (exact) mass is 438 g/mol. The summed E-state index contributed by atoms with van der Waals surface area (Å²) in [7, 11) is 0. The van der Waals surface area contributed by atoms with Crippen LogP contribution in [0.1, 0.15) is 33.6 Å². The van der Waals surface area contributed by atoms with Gasteiger partial charge in [-0.3, -0.25) is 19.7 Å². The van der Waals surface area contributed by atoms with E-state index in [4.69, 9.17) is 4.74 Å². The zero-order valence-electron chi connectivity index (χ0n) is 17.7. The number of piperidine rings is 1. The van der Waals surface area contributed by atoms with Crippen LogP contribution in [-0.2, 0) is 4.74 Å². The van der Waals surface area contributed by atoms with Crippen molar-refractivity contribution in [3.63, 3.8) is 0 Å². The summed E-state index contributed by atoms with van der Waals surface area (Å²) in [5, 5.41) is 13.8. The van der Waals surface area contributed by atoms with Gasteiger partial charge in [0.1, 0.15) is 0 Å². The fraction of sp³-hybridized carbons (Fsp3) is 0.391. The van der Waals surface area contributed by atoms with Gasteiger partial charge in [0, 0.05) is 55.6 Å². The maximum atomic E-state index is 13.0. The van der Waals surface area contributed by atoms with Crippen LogP contribution in [0.5, 0.6) is 0 Å². The molecule has 168 valence electrons. The number of rotatable bonds is 5. The molecule has 2 aromatic carbocycles. The van der Waals surface area contributed by atoms with Gasteiger partial charge in [-0.05, 0) is 37.1 Å². The van der Waals surface area contributed by atoms with Gasteiger partial charge in [0.05, 0.1) is 23.7 Å². The SMILES string of the molecule is O=C(NC1CCN(c2ccccc2C(=O)N2CCOCC2)CC1)c1ccc([N+](=O)[O-])cc1. The highest BCUT2D eigenvalue weighted by Gasteiger charge is 2.26. The summed E-state index contributed by atoms with van der Waals surface area (Å²) in [4.78, 5) is 39.9. The summed E-state index contributed by atoms with van der Waals surface area (Å²) >= 11 is 0. The number of nitro benzene ring substituents is 1. The molecular weight excluding hydrogens is 412 g/mol. The Morgan fingerprint density at radius 2 is 1.62 bits per heavy atom. The van der Waals surface area contributed by atoms with E-state index in [1.165, 1.54) is 24.3 Å². The Labute approximate surface area is 186 Å². The minimum Gasteiger partial charge on any atom is -0.378 e. The first-order chi connectivity index (χ1) is 15.5. The number of non-ortho nitro benzene ring substituents is 1. The molecule has 0 unspecified atom stereocenters. The number of hydrogen-bond donors (Lipinski definition) is 1. The van der Waals surface area contributed by atoms with Crippen molar-refractivity contribution in [2.45, 2.75) is 18.9 Å². The summed E-state index contributed by atoms with van der Waals surface area (Å²) in [5.74, 6) is -0.209. The van der Waals surface area contributed by atoms with E-state index in [2.05, 4.69) is 10.2 Å². The average Bonchev–Trinajstić information content (AvgIpc) is 2.84. The number of nitrogens with zero attached hydrogens (tertiary/aromatic N) is 3. The van der Waals surface area contributed by atoms with E-state index in [-0.39, 0.29) is 23.5 Å². The van der Waals surface area contributed by atoms with Gasteiger partial charge in [-0.2, -0.15) is 0 Å². The Morgan fingerprint density at radius 1 is 0.969 bits per heavy atom. The van der Waals surface area contributed by atoms with Gasteiger partial charge in [-0.15, -0.1) is 0 Å². The van der Waals surface area contributed by atoms with Crippen molar-refractivity contribution in [1.82, 2.24) is 10.2 Å². The van der Waals surface area contributed by atoms with E-state index in [9.17, 15) is 19.7 Å².